The lowest BCUT2D eigenvalue weighted by Gasteiger charge is -2.24. The normalized spacial score (nSPS) is 18.0. The molecule has 4 nitrogen and oxygen atoms in total. The van der Waals surface area contributed by atoms with Crippen LogP contribution >= 0.6 is 11.3 Å². The Bertz CT molecular complexity index is 625. The number of aliphatic hydroxyl groups is 1. The molecule has 1 unspecified atom stereocenters. The lowest BCUT2D eigenvalue weighted by atomic mass is 10.1. The van der Waals surface area contributed by atoms with Crippen LogP contribution in [-0.4, -0.2) is 47.7 Å². The third-order valence-corrected chi connectivity index (χ3v) is 5.38. The van der Waals surface area contributed by atoms with E-state index in [-0.39, 0.29) is 0 Å². The molecule has 3 rings (SSSR count). The van der Waals surface area contributed by atoms with Gasteiger partial charge in [0.25, 0.3) is 0 Å². The topological polar surface area (TPSA) is 39.6 Å². The molecule has 1 aliphatic heterocycles. The van der Waals surface area contributed by atoms with Gasteiger partial charge in [0.1, 0.15) is 0 Å². The van der Waals surface area contributed by atoms with Gasteiger partial charge in [-0.3, -0.25) is 4.90 Å². The molecule has 0 aliphatic carbocycles. The van der Waals surface area contributed by atoms with Gasteiger partial charge in [0, 0.05) is 38.1 Å². The highest BCUT2D eigenvalue weighted by Gasteiger charge is 2.19. The third kappa shape index (κ3) is 4.31. The number of hydrogen-bond acceptors (Lipinski definition) is 5. The van der Waals surface area contributed by atoms with Crippen LogP contribution in [0.2, 0.25) is 0 Å². The van der Waals surface area contributed by atoms with Gasteiger partial charge < -0.3 is 10.0 Å². The van der Waals surface area contributed by atoms with E-state index in [0.29, 0.717) is 6.54 Å². The quantitative estimate of drug-likeness (QED) is 0.935. The molecular formula is C18H25N3OS. The average molecular weight is 331 g/mol. The fraction of sp³-hybridized carbons (Fsp3) is 0.500. The summed E-state index contributed by atoms with van der Waals surface area (Å²) in [5, 5.41) is 13.7. The van der Waals surface area contributed by atoms with Gasteiger partial charge in [-0.2, -0.15) is 0 Å². The number of rotatable bonds is 4. The minimum absolute atomic E-state index is 0.413. The summed E-state index contributed by atoms with van der Waals surface area (Å²) in [6.45, 7) is 8.85. The smallest absolute Gasteiger partial charge is 0.185 e. The van der Waals surface area contributed by atoms with E-state index in [9.17, 15) is 5.11 Å². The monoisotopic (exact) mass is 331 g/mol. The second-order valence-corrected chi connectivity index (χ2v) is 7.18. The number of aryl methyl sites for hydroxylation is 2. The standard InChI is InChI=1S/C18H25N3OS/c1-14-4-6-16(7-5-14)17(22)12-20-8-3-9-21(11-10-20)18-19-15(2)13-23-18/h4-7,13,17,22H,3,8-12H2,1-2H3. The Balaban J connectivity index is 1.56. The zero-order chi connectivity index (χ0) is 16.2. The molecule has 0 saturated carbocycles. The first-order chi connectivity index (χ1) is 11.1. The van der Waals surface area contributed by atoms with Crippen LogP contribution in [0.25, 0.3) is 0 Å². The van der Waals surface area contributed by atoms with Gasteiger partial charge >= 0.3 is 0 Å². The Kier molecular flexibility index (Phi) is 5.30. The summed E-state index contributed by atoms with van der Waals surface area (Å²) in [7, 11) is 0. The first-order valence-electron chi connectivity index (χ1n) is 8.26. The first-order valence-corrected chi connectivity index (χ1v) is 9.14. The summed E-state index contributed by atoms with van der Waals surface area (Å²) in [5.74, 6) is 0. The first kappa shape index (κ1) is 16.4. The van der Waals surface area contributed by atoms with Crippen molar-refractivity contribution in [3.05, 3.63) is 46.5 Å². The van der Waals surface area contributed by atoms with Crippen LogP contribution in [0.4, 0.5) is 5.13 Å². The van der Waals surface area contributed by atoms with Gasteiger partial charge in [0.2, 0.25) is 0 Å². The number of anilines is 1. The Morgan fingerprint density at radius 2 is 1.91 bits per heavy atom. The molecule has 23 heavy (non-hydrogen) atoms. The average Bonchev–Trinajstić information content (AvgIpc) is 2.83. The molecular weight excluding hydrogens is 306 g/mol. The van der Waals surface area contributed by atoms with E-state index in [2.05, 4.69) is 39.2 Å². The van der Waals surface area contributed by atoms with Crippen LogP contribution in [0.3, 0.4) is 0 Å². The van der Waals surface area contributed by atoms with Crippen LogP contribution in [-0.2, 0) is 0 Å². The van der Waals surface area contributed by atoms with Crippen molar-refractivity contribution in [2.45, 2.75) is 26.4 Å². The predicted molar refractivity (Wildman–Crippen MR) is 96.3 cm³/mol. The molecule has 0 spiro atoms. The highest BCUT2D eigenvalue weighted by atomic mass is 32.1. The van der Waals surface area contributed by atoms with Crippen molar-refractivity contribution in [3.63, 3.8) is 0 Å². The Morgan fingerprint density at radius 1 is 1.13 bits per heavy atom. The number of benzene rings is 1. The molecule has 1 aliphatic rings. The Morgan fingerprint density at radius 3 is 2.61 bits per heavy atom. The molecule has 1 fully saturated rings. The summed E-state index contributed by atoms with van der Waals surface area (Å²) < 4.78 is 0. The molecule has 1 N–H and O–H groups in total. The SMILES string of the molecule is Cc1ccc(C(O)CN2CCCN(c3nc(C)cs3)CC2)cc1. The Labute approximate surface area is 142 Å². The van der Waals surface area contributed by atoms with Crippen molar-refractivity contribution in [1.82, 2.24) is 9.88 Å². The van der Waals surface area contributed by atoms with Crippen molar-refractivity contribution >= 4 is 16.5 Å². The zero-order valence-electron chi connectivity index (χ0n) is 13.9. The van der Waals surface area contributed by atoms with Gasteiger partial charge in [-0.1, -0.05) is 29.8 Å². The van der Waals surface area contributed by atoms with Gasteiger partial charge in [-0.15, -0.1) is 11.3 Å². The fourth-order valence-corrected chi connectivity index (χ4v) is 3.83. The maximum Gasteiger partial charge on any atom is 0.185 e. The van der Waals surface area contributed by atoms with Crippen molar-refractivity contribution in [2.75, 3.05) is 37.6 Å². The third-order valence-electron chi connectivity index (χ3n) is 4.36. The van der Waals surface area contributed by atoms with E-state index in [1.807, 2.05) is 19.1 Å². The molecule has 124 valence electrons. The van der Waals surface area contributed by atoms with Crippen molar-refractivity contribution < 1.29 is 5.11 Å². The minimum Gasteiger partial charge on any atom is -0.387 e. The van der Waals surface area contributed by atoms with Crippen LogP contribution in [0.1, 0.15) is 29.3 Å². The summed E-state index contributed by atoms with van der Waals surface area (Å²) in [6, 6.07) is 8.19. The van der Waals surface area contributed by atoms with Crippen LogP contribution in [0.15, 0.2) is 29.6 Å². The minimum atomic E-state index is -0.413. The zero-order valence-corrected chi connectivity index (χ0v) is 14.7. The molecule has 1 aromatic heterocycles. The van der Waals surface area contributed by atoms with Crippen LogP contribution in [0, 0.1) is 13.8 Å². The molecule has 1 aromatic carbocycles. The lowest BCUT2D eigenvalue weighted by Crippen LogP contribution is -2.33. The van der Waals surface area contributed by atoms with E-state index in [0.717, 1.165) is 49.0 Å². The summed E-state index contributed by atoms with van der Waals surface area (Å²) in [6.07, 6.45) is 0.698. The number of hydrogen-bond donors (Lipinski definition) is 1. The lowest BCUT2D eigenvalue weighted by molar-refractivity contribution is 0.117. The number of β-amino-alcohol motifs (C(OH)–C–C–N with tert-alkyl or cyclic N) is 1. The molecule has 5 heteroatoms. The number of nitrogens with zero attached hydrogens (tertiary/aromatic N) is 3. The summed E-state index contributed by atoms with van der Waals surface area (Å²) in [4.78, 5) is 9.33. The molecule has 1 atom stereocenters. The number of aromatic nitrogens is 1. The Hall–Kier alpha value is -1.43. The van der Waals surface area contributed by atoms with Gasteiger partial charge in [-0.05, 0) is 25.8 Å². The molecule has 0 radical (unpaired) electrons. The van der Waals surface area contributed by atoms with E-state index >= 15 is 0 Å². The molecule has 0 bridgehead atoms. The number of thiazole rings is 1. The summed E-state index contributed by atoms with van der Waals surface area (Å²) >= 11 is 1.73. The van der Waals surface area contributed by atoms with Gasteiger partial charge in [-0.25, -0.2) is 4.98 Å². The molecule has 1 saturated heterocycles. The highest BCUT2D eigenvalue weighted by molar-refractivity contribution is 7.13. The van der Waals surface area contributed by atoms with Crippen molar-refractivity contribution in [1.29, 1.82) is 0 Å². The maximum atomic E-state index is 10.5. The predicted octanol–water partition coefficient (Wildman–Crippen LogP) is 3.01. The summed E-state index contributed by atoms with van der Waals surface area (Å²) in [5.41, 5.74) is 3.33. The van der Waals surface area contributed by atoms with Gasteiger partial charge in [0.15, 0.2) is 5.13 Å². The maximum absolute atomic E-state index is 10.5. The van der Waals surface area contributed by atoms with E-state index in [1.165, 1.54) is 5.56 Å². The molecule has 0 amide bonds. The van der Waals surface area contributed by atoms with E-state index < -0.39 is 6.10 Å². The number of aliphatic hydroxyl groups excluding tert-OH is 1. The fourth-order valence-electron chi connectivity index (χ4n) is 2.97. The van der Waals surface area contributed by atoms with Gasteiger partial charge in [0.05, 0.1) is 11.8 Å². The molecule has 2 heterocycles. The van der Waals surface area contributed by atoms with Crippen LogP contribution < -0.4 is 4.90 Å². The van der Waals surface area contributed by atoms with Crippen molar-refractivity contribution in [3.8, 4) is 0 Å². The second-order valence-electron chi connectivity index (χ2n) is 6.34. The van der Waals surface area contributed by atoms with Crippen LogP contribution in [0.5, 0.6) is 0 Å². The van der Waals surface area contributed by atoms with Crippen molar-refractivity contribution in [2.24, 2.45) is 0 Å². The van der Waals surface area contributed by atoms with E-state index in [1.54, 1.807) is 11.3 Å². The second kappa shape index (κ2) is 7.43. The largest absolute Gasteiger partial charge is 0.387 e. The van der Waals surface area contributed by atoms with E-state index in [4.69, 9.17) is 0 Å². The highest BCUT2D eigenvalue weighted by Crippen LogP contribution is 2.22. The molecule has 2 aromatic rings.